The smallest absolute Gasteiger partial charge is 0.258 e. The molecule has 0 aliphatic carbocycles. The first-order valence-electron chi connectivity index (χ1n) is 8.07. The Labute approximate surface area is 142 Å². The highest BCUT2D eigenvalue weighted by atomic mass is 35.5. The molecule has 1 aliphatic rings. The minimum Gasteiger partial charge on any atom is -0.338 e. The molecule has 4 nitrogen and oxygen atoms in total. The molecule has 0 bridgehead atoms. The summed E-state index contributed by atoms with van der Waals surface area (Å²) in [6.07, 6.45) is 1.17. The number of hydrogen-bond donors (Lipinski definition) is 0. The van der Waals surface area contributed by atoms with Crippen molar-refractivity contribution in [2.45, 2.75) is 27.2 Å². The Morgan fingerprint density at radius 1 is 1.17 bits per heavy atom. The number of nitrogens with zero attached hydrogens (tertiary/aromatic N) is 3. The van der Waals surface area contributed by atoms with Gasteiger partial charge in [0.15, 0.2) is 0 Å². The Bertz CT molecular complexity index is 701. The highest BCUT2D eigenvalue weighted by Crippen LogP contribution is 2.28. The zero-order chi connectivity index (χ0) is 16.6. The van der Waals surface area contributed by atoms with Crippen LogP contribution in [-0.2, 0) is 0 Å². The van der Waals surface area contributed by atoms with Crippen molar-refractivity contribution in [1.29, 1.82) is 0 Å². The first kappa shape index (κ1) is 16.1. The number of piperidine rings is 1. The van der Waals surface area contributed by atoms with Gasteiger partial charge in [0, 0.05) is 13.1 Å². The second kappa shape index (κ2) is 6.36. The van der Waals surface area contributed by atoms with Crippen molar-refractivity contribution < 1.29 is 4.79 Å². The van der Waals surface area contributed by atoms with E-state index in [9.17, 15) is 4.79 Å². The van der Waals surface area contributed by atoms with Crippen LogP contribution in [0.4, 0.5) is 0 Å². The molecule has 0 radical (unpaired) electrons. The normalized spacial score (nSPS) is 21.5. The van der Waals surface area contributed by atoms with Crippen LogP contribution in [0.3, 0.4) is 0 Å². The molecule has 2 unspecified atom stereocenters. The Kier molecular flexibility index (Phi) is 4.44. The molecule has 2 atom stereocenters. The molecule has 1 aromatic heterocycles. The zero-order valence-corrected chi connectivity index (χ0v) is 14.5. The molecule has 122 valence electrons. The number of amides is 1. The van der Waals surface area contributed by atoms with Gasteiger partial charge in [0.25, 0.3) is 5.91 Å². The van der Waals surface area contributed by atoms with Crippen LogP contribution in [0.15, 0.2) is 30.3 Å². The second-order valence-electron chi connectivity index (χ2n) is 6.65. The Hall–Kier alpha value is -1.81. The molecular weight excluding hydrogens is 310 g/mol. The first-order chi connectivity index (χ1) is 11.0. The lowest BCUT2D eigenvalue weighted by Gasteiger charge is -2.35. The molecule has 1 amide bonds. The van der Waals surface area contributed by atoms with Crippen LogP contribution in [0.2, 0.25) is 5.15 Å². The Morgan fingerprint density at radius 3 is 2.39 bits per heavy atom. The minimum atomic E-state index is -0.00641. The summed E-state index contributed by atoms with van der Waals surface area (Å²) in [5, 5.41) is 4.86. The van der Waals surface area contributed by atoms with Crippen LogP contribution in [0.5, 0.6) is 0 Å². The monoisotopic (exact) mass is 331 g/mol. The molecule has 23 heavy (non-hydrogen) atoms. The first-order valence-corrected chi connectivity index (χ1v) is 8.45. The number of likely N-dealkylation sites (tertiary alicyclic amines) is 1. The lowest BCUT2D eigenvalue weighted by atomic mass is 9.91. The Balaban J connectivity index is 1.94. The topological polar surface area (TPSA) is 38.1 Å². The fourth-order valence-electron chi connectivity index (χ4n) is 3.47. The maximum absolute atomic E-state index is 13.0. The predicted octanol–water partition coefficient (Wildman–Crippen LogP) is 3.95. The molecule has 1 saturated heterocycles. The van der Waals surface area contributed by atoms with Gasteiger partial charge in [-0.05, 0) is 37.3 Å². The van der Waals surface area contributed by atoms with Crippen LogP contribution >= 0.6 is 11.6 Å². The quantitative estimate of drug-likeness (QED) is 0.835. The van der Waals surface area contributed by atoms with Crippen molar-refractivity contribution in [2.75, 3.05) is 13.1 Å². The van der Waals surface area contributed by atoms with Gasteiger partial charge in [-0.1, -0.05) is 43.6 Å². The number of carbonyl (C=O) groups is 1. The third-order valence-electron chi connectivity index (χ3n) is 4.37. The van der Waals surface area contributed by atoms with Crippen LogP contribution in [0.1, 0.15) is 36.3 Å². The van der Waals surface area contributed by atoms with Gasteiger partial charge in [0.05, 0.1) is 16.9 Å². The standard InChI is InChI=1S/C18H22ClN3O/c1-12-9-13(2)11-21(10-12)18(23)16-14(3)20-22(17(16)19)15-7-5-4-6-8-15/h4-8,12-13H,9-11H2,1-3H3. The molecule has 2 aromatic rings. The van der Waals surface area contributed by atoms with E-state index in [4.69, 9.17) is 11.6 Å². The van der Waals surface area contributed by atoms with Crippen molar-refractivity contribution in [3.05, 3.63) is 46.7 Å². The zero-order valence-electron chi connectivity index (χ0n) is 13.8. The van der Waals surface area contributed by atoms with Crippen LogP contribution < -0.4 is 0 Å². The third kappa shape index (κ3) is 3.13. The molecule has 1 aliphatic heterocycles. The van der Waals surface area contributed by atoms with Crippen LogP contribution in [0, 0.1) is 18.8 Å². The SMILES string of the molecule is Cc1nn(-c2ccccc2)c(Cl)c1C(=O)N1CC(C)CC(C)C1. The summed E-state index contributed by atoms with van der Waals surface area (Å²) in [5.41, 5.74) is 2.06. The van der Waals surface area contributed by atoms with Gasteiger partial charge in [-0.2, -0.15) is 5.10 Å². The summed E-state index contributed by atoms with van der Waals surface area (Å²) in [4.78, 5) is 14.9. The van der Waals surface area contributed by atoms with Gasteiger partial charge < -0.3 is 4.90 Å². The molecule has 5 heteroatoms. The largest absolute Gasteiger partial charge is 0.338 e. The molecule has 0 spiro atoms. The average molecular weight is 332 g/mol. The molecule has 1 fully saturated rings. The van der Waals surface area contributed by atoms with Gasteiger partial charge in [-0.15, -0.1) is 0 Å². The third-order valence-corrected chi connectivity index (χ3v) is 4.72. The molecule has 1 aromatic carbocycles. The van der Waals surface area contributed by atoms with E-state index in [0.29, 0.717) is 28.2 Å². The van der Waals surface area contributed by atoms with Gasteiger partial charge in [0.1, 0.15) is 5.15 Å². The van der Waals surface area contributed by atoms with E-state index in [-0.39, 0.29) is 5.91 Å². The van der Waals surface area contributed by atoms with Crippen molar-refractivity contribution in [3.63, 3.8) is 0 Å². The average Bonchev–Trinajstić information content (AvgIpc) is 2.81. The number of benzene rings is 1. The van der Waals surface area contributed by atoms with E-state index >= 15 is 0 Å². The fraction of sp³-hybridized carbons (Fsp3) is 0.444. The number of rotatable bonds is 2. The van der Waals surface area contributed by atoms with E-state index in [1.165, 1.54) is 6.42 Å². The van der Waals surface area contributed by atoms with E-state index in [0.717, 1.165) is 18.8 Å². The van der Waals surface area contributed by atoms with Gasteiger partial charge >= 0.3 is 0 Å². The molecule has 0 N–H and O–H groups in total. The van der Waals surface area contributed by atoms with Crippen molar-refractivity contribution >= 4 is 17.5 Å². The summed E-state index contributed by atoms with van der Waals surface area (Å²) < 4.78 is 1.64. The molecule has 2 heterocycles. The number of aromatic nitrogens is 2. The van der Waals surface area contributed by atoms with E-state index in [2.05, 4.69) is 18.9 Å². The number of hydrogen-bond acceptors (Lipinski definition) is 2. The minimum absolute atomic E-state index is 0.00641. The summed E-state index contributed by atoms with van der Waals surface area (Å²) in [6.45, 7) is 7.80. The van der Waals surface area contributed by atoms with E-state index in [1.54, 1.807) is 4.68 Å². The summed E-state index contributed by atoms with van der Waals surface area (Å²) in [6, 6.07) is 9.65. The molecule has 3 rings (SSSR count). The van der Waals surface area contributed by atoms with Crippen molar-refractivity contribution in [3.8, 4) is 5.69 Å². The van der Waals surface area contributed by atoms with E-state index < -0.39 is 0 Å². The van der Waals surface area contributed by atoms with E-state index in [1.807, 2.05) is 42.2 Å². The fourth-order valence-corrected chi connectivity index (χ4v) is 3.82. The number of para-hydroxylation sites is 1. The summed E-state index contributed by atoms with van der Waals surface area (Å²) in [5.74, 6) is 1.03. The van der Waals surface area contributed by atoms with Gasteiger partial charge in [0.2, 0.25) is 0 Å². The maximum atomic E-state index is 13.0. The number of carbonyl (C=O) groups excluding carboxylic acids is 1. The molecular formula is C18H22ClN3O. The van der Waals surface area contributed by atoms with Gasteiger partial charge in [-0.25, -0.2) is 4.68 Å². The highest BCUT2D eigenvalue weighted by molar-refractivity contribution is 6.33. The summed E-state index contributed by atoms with van der Waals surface area (Å²) in [7, 11) is 0. The number of halogens is 1. The maximum Gasteiger partial charge on any atom is 0.258 e. The number of aryl methyl sites for hydroxylation is 1. The van der Waals surface area contributed by atoms with Crippen molar-refractivity contribution in [1.82, 2.24) is 14.7 Å². The van der Waals surface area contributed by atoms with Crippen LogP contribution in [0.25, 0.3) is 5.69 Å². The second-order valence-corrected chi connectivity index (χ2v) is 7.01. The lowest BCUT2D eigenvalue weighted by molar-refractivity contribution is 0.0622. The lowest BCUT2D eigenvalue weighted by Crippen LogP contribution is -2.42. The van der Waals surface area contributed by atoms with Gasteiger partial charge in [-0.3, -0.25) is 4.79 Å². The van der Waals surface area contributed by atoms with Crippen LogP contribution in [-0.4, -0.2) is 33.7 Å². The summed E-state index contributed by atoms with van der Waals surface area (Å²) >= 11 is 6.50. The Morgan fingerprint density at radius 2 is 1.78 bits per heavy atom. The highest BCUT2D eigenvalue weighted by Gasteiger charge is 2.30. The molecule has 0 saturated carbocycles. The predicted molar refractivity (Wildman–Crippen MR) is 92.2 cm³/mol. The van der Waals surface area contributed by atoms with Crippen molar-refractivity contribution in [2.24, 2.45) is 11.8 Å².